The van der Waals surface area contributed by atoms with Crippen molar-refractivity contribution in [2.75, 3.05) is 5.32 Å². The molecule has 3 rings (SSSR count). The molecule has 1 aromatic heterocycles. The number of carbonyl (C=O) groups is 2. The maximum Gasteiger partial charge on any atom is 0.249 e. The summed E-state index contributed by atoms with van der Waals surface area (Å²) in [4.78, 5) is 31.4. The molecule has 0 spiro atoms. The Labute approximate surface area is 145 Å². The van der Waals surface area contributed by atoms with E-state index in [0.717, 1.165) is 17.5 Å². The van der Waals surface area contributed by atoms with Gasteiger partial charge in [0.1, 0.15) is 6.04 Å². The zero-order valence-electron chi connectivity index (χ0n) is 13.9. The Morgan fingerprint density at radius 2 is 2.12 bits per heavy atom. The van der Waals surface area contributed by atoms with Gasteiger partial charge in [-0.1, -0.05) is 38.1 Å². The van der Waals surface area contributed by atoms with E-state index in [4.69, 9.17) is 0 Å². The first kappa shape index (κ1) is 16.6. The minimum absolute atomic E-state index is 0.0336. The zero-order chi connectivity index (χ0) is 17.1. The Bertz CT molecular complexity index is 730. The molecule has 6 heteroatoms. The lowest BCUT2D eigenvalue weighted by Crippen LogP contribution is -2.52. The van der Waals surface area contributed by atoms with Crippen molar-refractivity contribution in [3.63, 3.8) is 0 Å². The van der Waals surface area contributed by atoms with E-state index < -0.39 is 6.04 Å². The number of amides is 2. The first-order chi connectivity index (χ1) is 11.6. The number of nitrogens with zero attached hydrogens (tertiary/aromatic N) is 2. The van der Waals surface area contributed by atoms with Crippen LogP contribution in [-0.2, 0) is 22.6 Å². The predicted molar refractivity (Wildman–Crippen MR) is 94.7 cm³/mol. The molecule has 0 unspecified atom stereocenters. The Balaban J connectivity index is 1.87. The fourth-order valence-corrected chi connectivity index (χ4v) is 3.45. The Morgan fingerprint density at radius 1 is 1.38 bits per heavy atom. The Morgan fingerprint density at radius 3 is 2.79 bits per heavy atom. The van der Waals surface area contributed by atoms with Crippen LogP contribution in [0.15, 0.2) is 35.8 Å². The molecular formula is C18H21N3O2S. The molecule has 1 aliphatic rings. The van der Waals surface area contributed by atoms with Crippen LogP contribution in [0.2, 0.25) is 0 Å². The number of nitrogens with one attached hydrogen (secondary N) is 1. The molecule has 2 heterocycles. The summed E-state index contributed by atoms with van der Waals surface area (Å²) in [6, 6.07) is 7.51. The highest BCUT2D eigenvalue weighted by atomic mass is 32.1. The van der Waals surface area contributed by atoms with Crippen LogP contribution in [0.3, 0.4) is 0 Å². The molecule has 2 amide bonds. The Kier molecular flexibility index (Phi) is 4.94. The molecule has 2 atom stereocenters. The van der Waals surface area contributed by atoms with Crippen molar-refractivity contribution >= 4 is 28.3 Å². The van der Waals surface area contributed by atoms with Gasteiger partial charge >= 0.3 is 0 Å². The zero-order valence-corrected chi connectivity index (χ0v) is 14.7. The third-order valence-electron chi connectivity index (χ3n) is 4.53. The van der Waals surface area contributed by atoms with Gasteiger partial charge in [0, 0.05) is 30.5 Å². The molecule has 0 bridgehead atoms. The van der Waals surface area contributed by atoms with Crippen molar-refractivity contribution < 1.29 is 9.59 Å². The summed E-state index contributed by atoms with van der Waals surface area (Å²) in [7, 11) is 0. The van der Waals surface area contributed by atoms with Gasteiger partial charge in [0.25, 0.3) is 0 Å². The molecule has 126 valence electrons. The van der Waals surface area contributed by atoms with Crippen LogP contribution in [0.4, 0.5) is 5.13 Å². The van der Waals surface area contributed by atoms with E-state index in [9.17, 15) is 9.59 Å². The summed E-state index contributed by atoms with van der Waals surface area (Å²) in [6.45, 7) is 4.39. The second kappa shape index (κ2) is 7.13. The molecule has 1 N–H and O–H groups in total. The molecule has 0 fully saturated rings. The predicted octanol–water partition coefficient (Wildman–Crippen LogP) is 3.08. The number of hydrogen-bond acceptors (Lipinski definition) is 4. The lowest BCUT2D eigenvalue weighted by molar-refractivity contribution is -0.143. The van der Waals surface area contributed by atoms with Crippen LogP contribution in [0.5, 0.6) is 0 Å². The topological polar surface area (TPSA) is 62.3 Å². The van der Waals surface area contributed by atoms with Gasteiger partial charge in [-0.15, -0.1) is 11.3 Å². The SMILES string of the molecule is CC[C@H](C)C(=O)N1Cc2ccccc2C[C@@H]1C(=O)Nc1nccs1. The lowest BCUT2D eigenvalue weighted by atomic mass is 9.92. The van der Waals surface area contributed by atoms with E-state index in [-0.39, 0.29) is 17.7 Å². The number of hydrogen-bond donors (Lipinski definition) is 1. The van der Waals surface area contributed by atoms with Crippen LogP contribution in [0, 0.1) is 5.92 Å². The molecule has 24 heavy (non-hydrogen) atoms. The molecule has 0 saturated heterocycles. The van der Waals surface area contributed by atoms with E-state index in [1.165, 1.54) is 11.3 Å². The highest BCUT2D eigenvalue weighted by Crippen LogP contribution is 2.26. The normalized spacial score (nSPS) is 17.9. The highest BCUT2D eigenvalue weighted by Gasteiger charge is 2.36. The van der Waals surface area contributed by atoms with Crippen LogP contribution in [0.25, 0.3) is 0 Å². The molecule has 1 aromatic carbocycles. The molecule has 1 aliphatic heterocycles. The molecule has 0 saturated carbocycles. The summed E-state index contributed by atoms with van der Waals surface area (Å²) in [5.41, 5.74) is 2.25. The molecule has 2 aromatic rings. The van der Waals surface area contributed by atoms with Gasteiger partial charge in [-0.3, -0.25) is 9.59 Å². The third-order valence-corrected chi connectivity index (χ3v) is 5.22. The Hall–Kier alpha value is -2.21. The van der Waals surface area contributed by atoms with Gasteiger partial charge in [-0.25, -0.2) is 4.98 Å². The average Bonchev–Trinajstić information content (AvgIpc) is 3.12. The summed E-state index contributed by atoms with van der Waals surface area (Å²) < 4.78 is 0. The van der Waals surface area contributed by atoms with E-state index in [1.807, 2.05) is 43.5 Å². The van der Waals surface area contributed by atoms with E-state index in [0.29, 0.717) is 18.1 Å². The van der Waals surface area contributed by atoms with E-state index >= 15 is 0 Å². The fourth-order valence-electron chi connectivity index (χ4n) is 2.92. The first-order valence-corrected chi connectivity index (χ1v) is 9.05. The minimum atomic E-state index is -0.495. The standard InChI is InChI=1S/C18H21N3O2S/c1-3-12(2)17(23)21-11-14-7-5-4-6-13(14)10-15(21)16(22)20-18-19-8-9-24-18/h4-9,12,15H,3,10-11H2,1-2H3,(H,19,20,22)/t12-,15+/m0/s1. The van der Waals surface area contributed by atoms with Gasteiger partial charge in [0.05, 0.1) is 0 Å². The van der Waals surface area contributed by atoms with E-state index in [2.05, 4.69) is 10.3 Å². The third kappa shape index (κ3) is 3.33. The van der Waals surface area contributed by atoms with Crippen molar-refractivity contribution in [2.24, 2.45) is 5.92 Å². The fraction of sp³-hybridized carbons (Fsp3) is 0.389. The van der Waals surface area contributed by atoms with Crippen molar-refractivity contribution in [2.45, 2.75) is 39.3 Å². The second-order valence-electron chi connectivity index (χ2n) is 6.09. The largest absolute Gasteiger partial charge is 0.326 e. The van der Waals surface area contributed by atoms with Crippen molar-refractivity contribution in [1.29, 1.82) is 0 Å². The van der Waals surface area contributed by atoms with E-state index in [1.54, 1.807) is 11.1 Å². The number of thiazole rings is 1. The molecule has 5 nitrogen and oxygen atoms in total. The second-order valence-corrected chi connectivity index (χ2v) is 6.99. The van der Waals surface area contributed by atoms with Gasteiger partial charge < -0.3 is 10.2 Å². The summed E-state index contributed by atoms with van der Waals surface area (Å²) in [6.07, 6.45) is 2.95. The van der Waals surface area contributed by atoms with Crippen LogP contribution >= 0.6 is 11.3 Å². The maximum atomic E-state index is 12.8. The number of aromatic nitrogens is 1. The van der Waals surface area contributed by atoms with Crippen LogP contribution < -0.4 is 5.32 Å². The van der Waals surface area contributed by atoms with Gasteiger partial charge in [-0.2, -0.15) is 0 Å². The summed E-state index contributed by atoms with van der Waals surface area (Å²) in [5.74, 6) is -0.229. The monoisotopic (exact) mass is 343 g/mol. The minimum Gasteiger partial charge on any atom is -0.326 e. The summed E-state index contributed by atoms with van der Waals surface area (Å²) >= 11 is 1.37. The van der Waals surface area contributed by atoms with Crippen molar-refractivity contribution in [1.82, 2.24) is 9.88 Å². The van der Waals surface area contributed by atoms with Crippen LogP contribution in [-0.4, -0.2) is 27.7 Å². The quantitative estimate of drug-likeness (QED) is 0.928. The maximum absolute atomic E-state index is 12.8. The van der Waals surface area contributed by atoms with Crippen LogP contribution in [0.1, 0.15) is 31.4 Å². The average molecular weight is 343 g/mol. The molecule has 0 aliphatic carbocycles. The number of carbonyl (C=O) groups excluding carboxylic acids is 2. The number of anilines is 1. The lowest BCUT2D eigenvalue weighted by Gasteiger charge is -2.37. The number of fused-ring (bicyclic) bond motifs is 1. The van der Waals surface area contributed by atoms with Crippen molar-refractivity contribution in [3.8, 4) is 0 Å². The summed E-state index contributed by atoms with van der Waals surface area (Å²) in [5, 5.41) is 5.22. The number of benzene rings is 1. The van der Waals surface area contributed by atoms with Gasteiger partial charge in [0.2, 0.25) is 11.8 Å². The van der Waals surface area contributed by atoms with Gasteiger partial charge in [0.15, 0.2) is 5.13 Å². The first-order valence-electron chi connectivity index (χ1n) is 8.17. The van der Waals surface area contributed by atoms with Gasteiger partial charge in [-0.05, 0) is 17.5 Å². The smallest absolute Gasteiger partial charge is 0.249 e. The van der Waals surface area contributed by atoms with Crippen molar-refractivity contribution in [3.05, 3.63) is 47.0 Å². The number of rotatable bonds is 4. The highest BCUT2D eigenvalue weighted by molar-refractivity contribution is 7.13. The molecular weight excluding hydrogens is 322 g/mol. The molecule has 0 radical (unpaired) electrons.